The van der Waals surface area contributed by atoms with E-state index in [0.717, 1.165) is 10.2 Å². The lowest BCUT2D eigenvalue weighted by atomic mass is 10.3. The summed E-state index contributed by atoms with van der Waals surface area (Å²) in [5, 5.41) is 0. The van der Waals surface area contributed by atoms with Gasteiger partial charge in [0.25, 0.3) is 5.91 Å². The summed E-state index contributed by atoms with van der Waals surface area (Å²) in [4.78, 5) is 16.4. The number of ether oxygens (including phenoxy) is 1. The van der Waals surface area contributed by atoms with E-state index in [0.29, 0.717) is 24.5 Å². The molecule has 0 atom stereocenters. The van der Waals surface area contributed by atoms with Gasteiger partial charge in [0.2, 0.25) is 0 Å². The van der Waals surface area contributed by atoms with Gasteiger partial charge >= 0.3 is 0 Å². The number of amides is 1. The molecule has 6 heteroatoms. The van der Waals surface area contributed by atoms with Gasteiger partial charge in [0.1, 0.15) is 18.1 Å². The minimum Gasteiger partial charge on any atom is -0.492 e. The minimum atomic E-state index is -0.110. The van der Waals surface area contributed by atoms with Crippen molar-refractivity contribution in [2.24, 2.45) is 0 Å². The largest absolute Gasteiger partial charge is 0.492 e. The van der Waals surface area contributed by atoms with E-state index < -0.39 is 0 Å². The summed E-state index contributed by atoms with van der Waals surface area (Å²) < 4.78 is 6.57. The minimum absolute atomic E-state index is 0.110. The van der Waals surface area contributed by atoms with Gasteiger partial charge in [0, 0.05) is 23.4 Å². The van der Waals surface area contributed by atoms with Crippen molar-refractivity contribution >= 4 is 27.5 Å². The molecule has 106 valence electrons. The average molecular weight is 338 g/mol. The number of H-pyrrole nitrogens is 1. The first-order chi connectivity index (χ1) is 9.56. The van der Waals surface area contributed by atoms with Gasteiger partial charge in [-0.3, -0.25) is 4.79 Å². The normalized spacial score (nSPS) is 10.3. The second-order valence-corrected chi connectivity index (χ2v) is 5.29. The summed E-state index contributed by atoms with van der Waals surface area (Å²) in [5.74, 6) is 0.666. The van der Waals surface area contributed by atoms with Crippen LogP contribution in [0.5, 0.6) is 5.75 Å². The predicted octanol–water partition coefficient (Wildman–Crippen LogP) is 2.51. The number of hydrogen-bond donors (Lipinski definition) is 2. The number of rotatable bonds is 5. The number of aromatic amines is 1. The number of nitrogens with one attached hydrogen (secondary N) is 1. The molecule has 2 rings (SSSR count). The number of nitrogens with zero attached hydrogens (tertiary/aromatic N) is 1. The summed E-state index contributed by atoms with van der Waals surface area (Å²) >= 11 is 3.36. The van der Waals surface area contributed by atoms with Gasteiger partial charge in [0.15, 0.2) is 0 Å². The third-order valence-corrected chi connectivity index (χ3v) is 3.32. The van der Waals surface area contributed by atoms with E-state index in [1.165, 1.54) is 0 Å². The van der Waals surface area contributed by atoms with Crippen molar-refractivity contribution in [3.8, 4) is 5.75 Å². The number of carbonyl (C=O) groups is 1. The molecule has 0 fully saturated rings. The zero-order valence-corrected chi connectivity index (χ0v) is 12.7. The fourth-order valence-electron chi connectivity index (χ4n) is 1.67. The quantitative estimate of drug-likeness (QED) is 0.880. The molecule has 20 heavy (non-hydrogen) atoms. The predicted molar refractivity (Wildman–Crippen MR) is 81.8 cm³/mol. The maximum Gasteiger partial charge on any atom is 0.270 e. The summed E-state index contributed by atoms with van der Waals surface area (Å²) in [5.41, 5.74) is 6.60. The zero-order valence-electron chi connectivity index (χ0n) is 11.1. The Hall–Kier alpha value is -1.95. The van der Waals surface area contributed by atoms with Crippen molar-refractivity contribution in [2.75, 3.05) is 25.9 Å². The van der Waals surface area contributed by atoms with Crippen LogP contribution >= 0.6 is 15.9 Å². The van der Waals surface area contributed by atoms with Gasteiger partial charge in [-0.1, -0.05) is 15.9 Å². The number of anilines is 1. The lowest BCUT2D eigenvalue weighted by Gasteiger charge is -2.16. The molecule has 0 aliphatic carbocycles. The number of carbonyl (C=O) groups excluding carboxylic acids is 1. The first-order valence-corrected chi connectivity index (χ1v) is 6.93. The molecule has 1 heterocycles. The van der Waals surface area contributed by atoms with Crippen LogP contribution in [0.3, 0.4) is 0 Å². The molecule has 0 radical (unpaired) electrons. The van der Waals surface area contributed by atoms with Crippen LogP contribution in [0.25, 0.3) is 0 Å². The molecule has 0 unspecified atom stereocenters. The van der Waals surface area contributed by atoms with Crippen LogP contribution in [-0.2, 0) is 0 Å². The number of nitrogens with two attached hydrogens (primary N) is 1. The summed E-state index contributed by atoms with van der Waals surface area (Å²) in [6, 6.07) is 9.18. The van der Waals surface area contributed by atoms with Crippen molar-refractivity contribution in [1.29, 1.82) is 0 Å². The van der Waals surface area contributed by atoms with E-state index >= 15 is 0 Å². The Labute approximate surface area is 125 Å². The van der Waals surface area contributed by atoms with Crippen LogP contribution in [0.1, 0.15) is 10.5 Å². The van der Waals surface area contributed by atoms with Gasteiger partial charge in [0.05, 0.1) is 6.54 Å². The zero-order chi connectivity index (χ0) is 14.5. The average Bonchev–Trinajstić information content (AvgIpc) is 2.86. The summed E-state index contributed by atoms with van der Waals surface area (Å²) in [6.07, 6.45) is 1.60. The summed E-state index contributed by atoms with van der Waals surface area (Å²) in [7, 11) is 1.73. The van der Waals surface area contributed by atoms with E-state index in [1.54, 1.807) is 24.2 Å². The molecule has 1 amide bonds. The van der Waals surface area contributed by atoms with E-state index in [9.17, 15) is 4.79 Å². The second-order valence-electron chi connectivity index (χ2n) is 4.38. The highest BCUT2D eigenvalue weighted by Gasteiger charge is 2.13. The number of likely N-dealkylation sites (N-methyl/N-ethyl adjacent to an activating group) is 1. The van der Waals surface area contributed by atoms with Gasteiger partial charge in [-0.25, -0.2) is 0 Å². The van der Waals surface area contributed by atoms with Gasteiger partial charge < -0.3 is 20.4 Å². The Morgan fingerprint density at radius 2 is 2.10 bits per heavy atom. The molecule has 0 saturated heterocycles. The van der Waals surface area contributed by atoms with Gasteiger partial charge in [-0.2, -0.15) is 0 Å². The standard InChI is InChI=1S/C14H16BrN3O2/c1-18(14(19)13-8-11(16)9-17-13)6-7-20-12-4-2-10(15)3-5-12/h2-5,8-9,17H,6-7,16H2,1H3. The molecule has 1 aromatic heterocycles. The Bertz CT molecular complexity index is 580. The van der Waals surface area contributed by atoms with Crippen LogP contribution in [0.4, 0.5) is 5.69 Å². The van der Waals surface area contributed by atoms with Crippen molar-refractivity contribution in [3.05, 3.63) is 46.7 Å². The molecule has 5 nitrogen and oxygen atoms in total. The van der Waals surface area contributed by atoms with Gasteiger partial charge in [-0.05, 0) is 30.3 Å². The Morgan fingerprint density at radius 3 is 2.70 bits per heavy atom. The van der Waals surface area contributed by atoms with E-state index in [-0.39, 0.29) is 5.91 Å². The molecular weight excluding hydrogens is 322 g/mol. The SMILES string of the molecule is CN(CCOc1ccc(Br)cc1)C(=O)c1cc(N)c[nH]1. The molecule has 3 N–H and O–H groups in total. The fourth-order valence-corrected chi connectivity index (χ4v) is 1.94. The third kappa shape index (κ3) is 3.77. The van der Waals surface area contributed by atoms with Crippen molar-refractivity contribution in [1.82, 2.24) is 9.88 Å². The van der Waals surface area contributed by atoms with Crippen LogP contribution in [0.2, 0.25) is 0 Å². The van der Waals surface area contributed by atoms with Gasteiger partial charge in [-0.15, -0.1) is 0 Å². The number of aromatic nitrogens is 1. The number of hydrogen-bond acceptors (Lipinski definition) is 3. The Kier molecular flexibility index (Phi) is 4.68. The molecule has 2 aromatic rings. The molecule has 0 bridgehead atoms. The van der Waals surface area contributed by atoms with Crippen LogP contribution in [0, 0.1) is 0 Å². The van der Waals surface area contributed by atoms with E-state index in [4.69, 9.17) is 10.5 Å². The van der Waals surface area contributed by atoms with Crippen LogP contribution in [-0.4, -0.2) is 36.0 Å². The number of nitrogen functional groups attached to an aromatic ring is 1. The molecule has 1 aromatic carbocycles. The maximum atomic E-state index is 12.0. The maximum absolute atomic E-state index is 12.0. The molecule has 0 spiro atoms. The number of halogens is 1. The first-order valence-electron chi connectivity index (χ1n) is 6.14. The first kappa shape index (κ1) is 14.5. The topological polar surface area (TPSA) is 71.3 Å². The highest BCUT2D eigenvalue weighted by Crippen LogP contribution is 2.16. The van der Waals surface area contributed by atoms with E-state index in [1.807, 2.05) is 24.3 Å². The third-order valence-electron chi connectivity index (χ3n) is 2.79. The second kappa shape index (κ2) is 6.47. The lowest BCUT2D eigenvalue weighted by Crippen LogP contribution is -2.31. The Morgan fingerprint density at radius 1 is 1.40 bits per heavy atom. The fraction of sp³-hybridized carbons (Fsp3) is 0.214. The molecule has 0 aliphatic heterocycles. The van der Waals surface area contributed by atoms with E-state index in [2.05, 4.69) is 20.9 Å². The smallest absolute Gasteiger partial charge is 0.270 e. The van der Waals surface area contributed by atoms with Crippen molar-refractivity contribution in [3.63, 3.8) is 0 Å². The van der Waals surface area contributed by atoms with Crippen LogP contribution in [0.15, 0.2) is 41.0 Å². The summed E-state index contributed by atoms with van der Waals surface area (Å²) in [6.45, 7) is 0.924. The molecular formula is C14H16BrN3O2. The van der Waals surface area contributed by atoms with Crippen molar-refractivity contribution in [2.45, 2.75) is 0 Å². The van der Waals surface area contributed by atoms with Crippen molar-refractivity contribution < 1.29 is 9.53 Å². The molecule has 0 saturated carbocycles. The monoisotopic (exact) mass is 337 g/mol. The van der Waals surface area contributed by atoms with Crippen LogP contribution < -0.4 is 10.5 Å². The Balaban J connectivity index is 1.81. The highest BCUT2D eigenvalue weighted by molar-refractivity contribution is 9.10. The molecule has 0 aliphatic rings. The lowest BCUT2D eigenvalue weighted by molar-refractivity contribution is 0.0768. The highest BCUT2D eigenvalue weighted by atomic mass is 79.9. The number of benzene rings is 1.